The van der Waals surface area contributed by atoms with Crippen molar-refractivity contribution in [3.05, 3.63) is 0 Å². The largest absolute Gasteiger partial charge is 0.472 e. The minimum Gasteiger partial charge on any atom is -0.462 e. The molecule has 0 rings (SSSR count). The molecular weight excluding hydrogens is 1290 g/mol. The minimum absolute atomic E-state index is 0.102. The number of esters is 4. The Kier molecular flexibility index (Phi) is 67.8. The summed E-state index contributed by atoms with van der Waals surface area (Å²) >= 11 is 0. The van der Waals surface area contributed by atoms with Gasteiger partial charge in [-0.05, 0) is 49.4 Å². The van der Waals surface area contributed by atoms with Gasteiger partial charge < -0.3 is 33.8 Å². The lowest BCUT2D eigenvalue weighted by Gasteiger charge is -2.21. The number of carbonyl (C=O) groups is 4. The molecule has 3 unspecified atom stereocenters. The maximum Gasteiger partial charge on any atom is 0.472 e. The van der Waals surface area contributed by atoms with Gasteiger partial charge in [-0.1, -0.05) is 357 Å². The Morgan fingerprint density at radius 2 is 0.485 bits per heavy atom. The third-order valence-corrected chi connectivity index (χ3v) is 20.8. The molecule has 0 heterocycles. The van der Waals surface area contributed by atoms with Crippen molar-refractivity contribution in [3.63, 3.8) is 0 Å². The fourth-order valence-corrected chi connectivity index (χ4v) is 13.8. The first-order valence-electron chi connectivity index (χ1n) is 41.2. The summed E-state index contributed by atoms with van der Waals surface area (Å²) in [6, 6.07) is 0. The van der Waals surface area contributed by atoms with Gasteiger partial charge in [0.25, 0.3) is 0 Å². The molecule has 0 saturated carbocycles. The van der Waals surface area contributed by atoms with E-state index in [1.807, 2.05) is 0 Å². The van der Waals surface area contributed by atoms with Gasteiger partial charge in [0.2, 0.25) is 0 Å². The Labute approximate surface area is 607 Å². The first kappa shape index (κ1) is 97.1. The Morgan fingerprint density at radius 1 is 0.283 bits per heavy atom. The van der Waals surface area contributed by atoms with E-state index in [0.29, 0.717) is 37.5 Å². The van der Waals surface area contributed by atoms with Gasteiger partial charge in [-0.25, -0.2) is 9.13 Å². The van der Waals surface area contributed by atoms with Gasteiger partial charge in [0.1, 0.15) is 19.3 Å². The Morgan fingerprint density at radius 3 is 0.717 bits per heavy atom. The van der Waals surface area contributed by atoms with Crippen molar-refractivity contribution in [2.45, 2.75) is 427 Å². The lowest BCUT2D eigenvalue weighted by atomic mass is 9.99. The lowest BCUT2D eigenvalue weighted by Crippen LogP contribution is -2.30. The minimum atomic E-state index is -4.96. The van der Waals surface area contributed by atoms with Gasteiger partial charge in [0, 0.05) is 25.7 Å². The van der Waals surface area contributed by atoms with Crippen LogP contribution in [0.2, 0.25) is 0 Å². The maximum absolute atomic E-state index is 13.1. The van der Waals surface area contributed by atoms with Crippen LogP contribution < -0.4 is 0 Å². The van der Waals surface area contributed by atoms with Gasteiger partial charge >= 0.3 is 39.5 Å². The highest BCUT2D eigenvalue weighted by Gasteiger charge is 2.30. The van der Waals surface area contributed by atoms with Crippen LogP contribution in [-0.2, 0) is 65.4 Å². The molecule has 19 heteroatoms. The zero-order valence-electron chi connectivity index (χ0n) is 65.1. The van der Waals surface area contributed by atoms with E-state index in [1.54, 1.807) is 0 Å². The molecule has 0 aromatic heterocycles. The monoisotopic (exact) mass is 1450 g/mol. The molecule has 0 aliphatic carbocycles. The fraction of sp³-hybridized carbons (Fsp3) is 0.950. The SMILES string of the molecule is CCC(C)CCCCCCCCCCCCCCCCCCCCC(=O)OC[C@H](COP(=O)(O)OC[C@@H](O)COP(=O)(O)OC[C@@H](COC(=O)CCCCCCCCC(C)C)OC(=O)CCCCCCCCCC(C)C)OC(=O)CCCCCCCCCCCCCCCCCC(C)C. The van der Waals surface area contributed by atoms with E-state index >= 15 is 0 Å². The first-order chi connectivity index (χ1) is 47.6. The number of rotatable bonds is 77. The van der Waals surface area contributed by atoms with Gasteiger partial charge in [0.05, 0.1) is 26.4 Å². The van der Waals surface area contributed by atoms with Crippen LogP contribution in [0.1, 0.15) is 409 Å². The van der Waals surface area contributed by atoms with Crippen LogP contribution in [0.15, 0.2) is 0 Å². The molecule has 6 atom stereocenters. The molecule has 0 spiro atoms. The highest BCUT2D eigenvalue weighted by atomic mass is 31.2. The predicted octanol–water partition coefficient (Wildman–Crippen LogP) is 23.6. The van der Waals surface area contributed by atoms with E-state index in [9.17, 15) is 43.2 Å². The molecule has 0 saturated heterocycles. The molecular formula is C80H156O17P2. The Balaban J connectivity index is 5.17. The van der Waals surface area contributed by atoms with E-state index in [4.69, 9.17) is 37.0 Å². The molecule has 0 fully saturated rings. The van der Waals surface area contributed by atoms with Crippen LogP contribution in [0.25, 0.3) is 0 Å². The summed E-state index contributed by atoms with van der Waals surface area (Å²) in [5.74, 6) is 0.930. The number of carbonyl (C=O) groups excluding carboxylic acids is 4. The molecule has 0 bridgehead atoms. The van der Waals surface area contributed by atoms with Crippen molar-refractivity contribution in [2.75, 3.05) is 39.6 Å². The third-order valence-electron chi connectivity index (χ3n) is 18.9. The number of aliphatic hydroxyl groups excluding tert-OH is 1. The Hall–Kier alpha value is -1.94. The summed E-state index contributed by atoms with van der Waals surface area (Å²) in [6.45, 7) is 14.2. The maximum atomic E-state index is 13.1. The molecule has 0 aromatic carbocycles. The first-order valence-corrected chi connectivity index (χ1v) is 44.2. The zero-order chi connectivity index (χ0) is 73.1. The quantitative estimate of drug-likeness (QED) is 0.0222. The number of aliphatic hydroxyl groups is 1. The van der Waals surface area contributed by atoms with Crippen molar-refractivity contribution < 1.29 is 80.2 Å². The second-order valence-electron chi connectivity index (χ2n) is 30.5. The Bertz CT molecular complexity index is 1940. The van der Waals surface area contributed by atoms with Gasteiger partial charge in [0.15, 0.2) is 12.2 Å². The second kappa shape index (κ2) is 69.1. The highest BCUT2D eigenvalue weighted by Crippen LogP contribution is 2.45. The fourth-order valence-electron chi connectivity index (χ4n) is 12.2. The standard InChI is InChI=1S/C80H156O17P2/c1-9-73(8)59-51-43-34-28-24-20-16-12-10-11-13-17-21-25-29-35-44-52-60-77(82)90-66-75(96-79(84)62-54-46-36-30-26-22-18-14-15-19-23-27-32-40-48-56-70(2)3)68-94-98(86,87)92-64-74(81)65-93-99(88,89)95-69-76(67-91-78(83)61-53-45-39-38-42-50-58-72(6)7)97-80(85)63-55-47-37-31-33-41-49-57-71(4)5/h70-76,81H,9-69H2,1-8H3,(H,86,87)(H,88,89)/t73?,74-,75-,76-/m1/s1. The van der Waals surface area contributed by atoms with Crippen LogP contribution in [0.5, 0.6) is 0 Å². The number of unbranched alkanes of at least 4 members (excludes halogenated alkanes) is 42. The van der Waals surface area contributed by atoms with E-state index in [-0.39, 0.29) is 25.7 Å². The van der Waals surface area contributed by atoms with Crippen molar-refractivity contribution in [3.8, 4) is 0 Å². The summed E-state index contributed by atoms with van der Waals surface area (Å²) in [5, 5.41) is 10.6. The zero-order valence-corrected chi connectivity index (χ0v) is 66.9. The molecule has 0 aliphatic heterocycles. The predicted molar refractivity (Wildman–Crippen MR) is 404 cm³/mol. The second-order valence-corrected chi connectivity index (χ2v) is 33.4. The lowest BCUT2D eigenvalue weighted by molar-refractivity contribution is -0.161. The average molecular weight is 1450 g/mol. The van der Waals surface area contributed by atoms with E-state index in [2.05, 4.69) is 55.4 Å². The molecule has 588 valence electrons. The van der Waals surface area contributed by atoms with Crippen LogP contribution in [0.4, 0.5) is 0 Å². The van der Waals surface area contributed by atoms with Gasteiger partial charge in [-0.2, -0.15) is 0 Å². The molecule has 17 nitrogen and oxygen atoms in total. The van der Waals surface area contributed by atoms with Crippen molar-refractivity contribution in [1.29, 1.82) is 0 Å². The number of phosphoric ester groups is 2. The molecule has 0 aliphatic rings. The molecule has 3 N–H and O–H groups in total. The number of hydrogen-bond acceptors (Lipinski definition) is 15. The van der Waals surface area contributed by atoms with Crippen LogP contribution >= 0.6 is 15.6 Å². The molecule has 0 aromatic rings. The summed E-state index contributed by atoms with van der Waals surface area (Å²) in [5.41, 5.74) is 0. The summed E-state index contributed by atoms with van der Waals surface area (Å²) in [6.07, 6.45) is 55.9. The van der Waals surface area contributed by atoms with E-state index in [0.717, 1.165) is 108 Å². The molecule has 99 heavy (non-hydrogen) atoms. The smallest absolute Gasteiger partial charge is 0.462 e. The topological polar surface area (TPSA) is 237 Å². The van der Waals surface area contributed by atoms with Crippen LogP contribution in [0.3, 0.4) is 0 Å². The van der Waals surface area contributed by atoms with Crippen molar-refractivity contribution in [2.24, 2.45) is 23.7 Å². The number of phosphoric acid groups is 2. The van der Waals surface area contributed by atoms with Crippen LogP contribution in [0, 0.1) is 23.7 Å². The van der Waals surface area contributed by atoms with Crippen molar-refractivity contribution >= 4 is 39.5 Å². The van der Waals surface area contributed by atoms with E-state index in [1.165, 1.54) is 205 Å². The van der Waals surface area contributed by atoms with E-state index < -0.39 is 97.5 Å². The van der Waals surface area contributed by atoms with Crippen molar-refractivity contribution in [1.82, 2.24) is 0 Å². The normalized spacial score (nSPS) is 14.3. The third kappa shape index (κ3) is 72.8. The van der Waals surface area contributed by atoms with Gasteiger partial charge in [-0.15, -0.1) is 0 Å². The van der Waals surface area contributed by atoms with Gasteiger partial charge in [-0.3, -0.25) is 37.3 Å². The number of ether oxygens (including phenoxy) is 4. The molecule has 0 radical (unpaired) electrons. The summed E-state index contributed by atoms with van der Waals surface area (Å²) < 4.78 is 68.5. The summed E-state index contributed by atoms with van der Waals surface area (Å²) in [4.78, 5) is 72.8. The highest BCUT2D eigenvalue weighted by molar-refractivity contribution is 7.47. The number of hydrogen-bond donors (Lipinski definition) is 3. The van der Waals surface area contributed by atoms with Crippen LogP contribution in [-0.4, -0.2) is 96.7 Å². The molecule has 0 amide bonds. The summed E-state index contributed by atoms with van der Waals surface area (Å²) in [7, 11) is -9.91. The average Bonchev–Trinajstić information content (AvgIpc) is 0.962.